The molecule has 0 spiro atoms. The minimum absolute atomic E-state index is 0.170. The number of halogens is 3. The Morgan fingerprint density at radius 2 is 1.42 bits per heavy atom. The third-order valence-corrected chi connectivity index (χ3v) is 4.90. The van der Waals surface area contributed by atoms with Gasteiger partial charge >= 0.3 is 17.4 Å². The van der Waals surface area contributed by atoms with Gasteiger partial charge in [-0.2, -0.15) is 13.2 Å². The Hall–Kier alpha value is -3.81. The van der Waals surface area contributed by atoms with Gasteiger partial charge in [0.25, 0.3) is 0 Å². The van der Waals surface area contributed by atoms with Crippen molar-refractivity contribution in [2.24, 2.45) is 0 Å². The molecule has 0 saturated carbocycles. The molecule has 0 aliphatic carbocycles. The van der Waals surface area contributed by atoms with Gasteiger partial charge in [0.05, 0.1) is 12.7 Å². The molecule has 2 aromatic heterocycles. The van der Waals surface area contributed by atoms with Crippen molar-refractivity contribution in [1.82, 2.24) is 0 Å². The molecule has 2 heterocycles. The van der Waals surface area contributed by atoms with E-state index in [0.717, 1.165) is 12.1 Å². The largest absolute Gasteiger partial charge is 0.497 e. The van der Waals surface area contributed by atoms with Gasteiger partial charge in [0, 0.05) is 16.5 Å². The molecular weight excluding hydrogens is 413 g/mol. The summed E-state index contributed by atoms with van der Waals surface area (Å²) in [7, 11) is 1.52. The lowest BCUT2D eigenvalue weighted by atomic mass is 9.97. The van der Waals surface area contributed by atoms with Crippen LogP contribution in [0.4, 0.5) is 13.2 Å². The van der Waals surface area contributed by atoms with Gasteiger partial charge in [-0.1, -0.05) is 12.1 Å². The van der Waals surface area contributed by atoms with Crippen LogP contribution in [0.5, 0.6) is 5.75 Å². The molecule has 8 heteroatoms. The zero-order valence-electron chi connectivity index (χ0n) is 16.4. The summed E-state index contributed by atoms with van der Waals surface area (Å²) in [5.41, 5.74) is -1.32. The summed E-state index contributed by atoms with van der Waals surface area (Å²) in [6, 6.07) is 12.6. The van der Waals surface area contributed by atoms with Crippen LogP contribution in [0.1, 0.15) is 11.3 Å². The highest BCUT2D eigenvalue weighted by molar-refractivity contribution is 5.97. The van der Waals surface area contributed by atoms with Crippen molar-refractivity contribution in [2.75, 3.05) is 7.11 Å². The molecule has 0 atom stereocenters. The van der Waals surface area contributed by atoms with Gasteiger partial charge in [0.2, 0.25) is 0 Å². The highest BCUT2D eigenvalue weighted by Gasteiger charge is 2.30. The molecule has 4 rings (SSSR count). The minimum atomic E-state index is -4.48. The first-order chi connectivity index (χ1) is 14.7. The van der Waals surface area contributed by atoms with E-state index in [0.29, 0.717) is 22.4 Å². The van der Waals surface area contributed by atoms with Gasteiger partial charge in [-0.05, 0) is 55.0 Å². The van der Waals surface area contributed by atoms with Crippen LogP contribution in [0.3, 0.4) is 0 Å². The molecule has 5 nitrogen and oxygen atoms in total. The predicted octanol–water partition coefficient (Wildman–Crippen LogP) is 5.42. The van der Waals surface area contributed by atoms with Crippen LogP contribution >= 0.6 is 0 Å². The monoisotopic (exact) mass is 428 g/mol. The SMILES string of the molecule is COc1ccc(-c2cc3c(-c4ccc(C(F)(F)F)cc4)c(C)oc(=O)c3c(=O)o2)cc1. The Balaban J connectivity index is 1.97. The molecule has 0 N–H and O–H groups in total. The Labute approximate surface area is 173 Å². The van der Waals surface area contributed by atoms with Crippen molar-refractivity contribution >= 4 is 10.8 Å². The summed E-state index contributed by atoms with van der Waals surface area (Å²) < 4.78 is 54.4. The number of rotatable bonds is 3. The average molecular weight is 428 g/mol. The molecule has 0 aliphatic rings. The molecule has 0 amide bonds. The number of benzene rings is 2. The number of methoxy groups -OCH3 is 1. The minimum Gasteiger partial charge on any atom is -0.497 e. The maximum absolute atomic E-state index is 12.9. The van der Waals surface area contributed by atoms with Gasteiger partial charge in [0.15, 0.2) is 5.39 Å². The zero-order valence-corrected chi connectivity index (χ0v) is 16.4. The number of hydrogen-bond donors (Lipinski definition) is 0. The number of ether oxygens (including phenoxy) is 1. The summed E-state index contributed by atoms with van der Waals surface area (Å²) >= 11 is 0. The number of alkyl halides is 3. The maximum Gasteiger partial charge on any atom is 0.416 e. The number of fused-ring (bicyclic) bond motifs is 1. The van der Waals surface area contributed by atoms with E-state index in [1.165, 1.54) is 32.2 Å². The van der Waals surface area contributed by atoms with E-state index in [9.17, 15) is 22.8 Å². The molecule has 0 radical (unpaired) electrons. The lowest BCUT2D eigenvalue weighted by Gasteiger charge is -2.12. The molecule has 0 unspecified atom stereocenters. The molecule has 31 heavy (non-hydrogen) atoms. The summed E-state index contributed by atoms with van der Waals surface area (Å²) in [6.07, 6.45) is -4.48. The summed E-state index contributed by atoms with van der Waals surface area (Å²) in [5, 5.41) is -0.0756. The van der Waals surface area contributed by atoms with Crippen molar-refractivity contribution in [2.45, 2.75) is 13.1 Å². The van der Waals surface area contributed by atoms with Gasteiger partial charge in [-0.25, -0.2) is 9.59 Å². The Morgan fingerprint density at radius 1 is 0.839 bits per heavy atom. The van der Waals surface area contributed by atoms with Gasteiger partial charge in [0.1, 0.15) is 17.3 Å². The second-order valence-corrected chi connectivity index (χ2v) is 6.81. The van der Waals surface area contributed by atoms with Crippen LogP contribution < -0.4 is 16.0 Å². The van der Waals surface area contributed by atoms with E-state index in [-0.39, 0.29) is 22.3 Å². The topological polar surface area (TPSA) is 69.7 Å². The average Bonchev–Trinajstić information content (AvgIpc) is 2.73. The second kappa shape index (κ2) is 7.46. The van der Waals surface area contributed by atoms with E-state index in [1.807, 2.05) is 0 Å². The normalized spacial score (nSPS) is 11.6. The van der Waals surface area contributed by atoms with E-state index in [2.05, 4.69) is 0 Å². The van der Waals surface area contributed by atoms with Gasteiger partial charge in [-0.15, -0.1) is 0 Å². The third-order valence-electron chi connectivity index (χ3n) is 4.90. The van der Waals surface area contributed by atoms with Crippen LogP contribution in [0.15, 0.2) is 73.0 Å². The molecular formula is C23H15F3O5. The molecule has 0 bridgehead atoms. The molecule has 158 valence electrons. The third kappa shape index (κ3) is 3.72. The zero-order chi connectivity index (χ0) is 22.3. The predicted molar refractivity (Wildman–Crippen MR) is 108 cm³/mol. The van der Waals surface area contributed by atoms with Crippen molar-refractivity contribution in [3.63, 3.8) is 0 Å². The molecule has 0 fully saturated rings. The first-order valence-corrected chi connectivity index (χ1v) is 9.12. The van der Waals surface area contributed by atoms with Crippen LogP contribution in [-0.2, 0) is 6.18 Å². The van der Waals surface area contributed by atoms with Crippen molar-refractivity contribution < 1.29 is 26.7 Å². The lowest BCUT2D eigenvalue weighted by molar-refractivity contribution is -0.137. The first kappa shape index (κ1) is 20.5. The van der Waals surface area contributed by atoms with Crippen LogP contribution in [0, 0.1) is 6.92 Å². The van der Waals surface area contributed by atoms with Gasteiger partial charge < -0.3 is 13.6 Å². The van der Waals surface area contributed by atoms with E-state index >= 15 is 0 Å². The molecule has 0 saturated heterocycles. The van der Waals surface area contributed by atoms with Crippen molar-refractivity contribution in [3.8, 4) is 28.2 Å². The summed E-state index contributed by atoms with van der Waals surface area (Å²) in [5.74, 6) is 0.968. The molecule has 4 aromatic rings. The van der Waals surface area contributed by atoms with E-state index in [1.54, 1.807) is 24.3 Å². The fourth-order valence-corrected chi connectivity index (χ4v) is 3.40. The van der Waals surface area contributed by atoms with E-state index < -0.39 is 23.0 Å². The number of aryl methyl sites for hydroxylation is 1. The summed E-state index contributed by atoms with van der Waals surface area (Å²) in [6.45, 7) is 1.51. The molecule has 0 aliphatic heterocycles. The fourth-order valence-electron chi connectivity index (χ4n) is 3.40. The highest BCUT2D eigenvalue weighted by atomic mass is 19.4. The fraction of sp³-hybridized carbons (Fsp3) is 0.130. The first-order valence-electron chi connectivity index (χ1n) is 9.12. The van der Waals surface area contributed by atoms with Crippen LogP contribution in [-0.4, -0.2) is 7.11 Å². The second-order valence-electron chi connectivity index (χ2n) is 6.81. The lowest BCUT2D eigenvalue weighted by Crippen LogP contribution is -2.14. The highest BCUT2D eigenvalue weighted by Crippen LogP contribution is 2.35. The Kier molecular flexibility index (Phi) is 4.93. The van der Waals surface area contributed by atoms with E-state index in [4.69, 9.17) is 13.6 Å². The smallest absolute Gasteiger partial charge is 0.416 e. The Morgan fingerprint density at radius 3 is 2.00 bits per heavy atom. The number of hydrogen-bond acceptors (Lipinski definition) is 5. The quantitative estimate of drug-likeness (QED) is 0.436. The van der Waals surface area contributed by atoms with Gasteiger partial charge in [-0.3, -0.25) is 0 Å². The Bertz CT molecular complexity index is 1380. The van der Waals surface area contributed by atoms with Crippen molar-refractivity contribution in [3.05, 3.63) is 86.8 Å². The molecule has 2 aromatic carbocycles. The summed E-state index contributed by atoms with van der Waals surface area (Å²) in [4.78, 5) is 24.9. The van der Waals surface area contributed by atoms with Crippen LogP contribution in [0.25, 0.3) is 33.2 Å². The standard InChI is InChI=1S/C23H15F3O5/c1-12-19(14-3-7-15(8-4-14)23(24,25)26)17-11-18(13-5-9-16(29-2)10-6-13)31-22(28)20(17)21(27)30-12/h3-11H,1-2H3. The van der Waals surface area contributed by atoms with Crippen LogP contribution in [0.2, 0.25) is 0 Å². The van der Waals surface area contributed by atoms with Crippen molar-refractivity contribution in [1.29, 1.82) is 0 Å². The maximum atomic E-state index is 12.9.